The van der Waals surface area contributed by atoms with E-state index in [2.05, 4.69) is 38.3 Å². The number of carboxylic acids is 1. The molecule has 0 aliphatic heterocycles. The van der Waals surface area contributed by atoms with E-state index >= 15 is 0 Å². The van der Waals surface area contributed by atoms with E-state index in [1.54, 1.807) is 25.7 Å². The van der Waals surface area contributed by atoms with Gasteiger partial charge in [0.15, 0.2) is 0 Å². The zero-order valence-electron chi connectivity index (χ0n) is 20.6. The molecule has 0 aliphatic rings. The van der Waals surface area contributed by atoms with Crippen LogP contribution in [0.5, 0.6) is 0 Å². The number of alkyl carbamates (subject to hydrolysis) is 1. The molecule has 0 saturated heterocycles. The Bertz CT molecular complexity index is 559. The van der Waals surface area contributed by atoms with E-state index in [-0.39, 0.29) is 24.7 Å². The van der Waals surface area contributed by atoms with Crippen molar-refractivity contribution in [3.05, 3.63) is 0 Å². The minimum Gasteiger partial charge on any atom is -0.481 e. The number of nitrogens with one attached hydrogen (secondary N) is 2. The van der Waals surface area contributed by atoms with Gasteiger partial charge in [-0.3, -0.25) is 14.4 Å². The van der Waals surface area contributed by atoms with Gasteiger partial charge in [-0.1, -0.05) is 27.7 Å². The Morgan fingerprint density at radius 1 is 0.839 bits per heavy atom. The maximum absolute atomic E-state index is 12.2. The summed E-state index contributed by atoms with van der Waals surface area (Å²) in [5, 5.41) is 14.0. The van der Waals surface area contributed by atoms with Gasteiger partial charge in [-0.25, -0.2) is 4.79 Å². The molecule has 0 bridgehead atoms. The maximum Gasteiger partial charge on any atom is 0.407 e. The smallest absolute Gasteiger partial charge is 0.407 e. The van der Waals surface area contributed by atoms with E-state index in [0.29, 0.717) is 44.4 Å². The number of hydrogen-bond donors (Lipinski definition) is 3. The Morgan fingerprint density at radius 3 is 1.68 bits per heavy atom. The molecule has 0 rings (SSSR count). The number of carbonyl (C=O) groups excluding carboxylic acids is 3. The van der Waals surface area contributed by atoms with Gasteiger partial charge >= 0.3 is 12.1 Å². The molecule has 0 aromatic rings. The molecule has 3 amide bonds. The summed E-state index contributed by atoms with van der Waals surface area (Å²) in [6, 6.07) is 0. The van der Waals surface area contributed by atoms with Crippen LogP contribution in [-0.4, -0.2) is 65.7 Å². The van der Waals surface area contributed by atoms with Crippen molar-refractivity contribution in [2.45, 2.75) is 86.7 Å². The third-order valence-corrected chi connectivity index (χ3v) is 3.16. The lowest BCUT2D eigenvalue weighted by Crippen LogP contribution is -2.37. The first kappa shape index (κ1) is 30.9. The van der Waals surface area contributed by atoms with Gasteiger partial charge < -0.3 is 25.4 Å². The second-order valence-electron chi connectivity index (χ2n) is 9.89. The van der Waals surface area contributed by atoms with Crippen molar-refractivity contribution in [3.63, 3.8) is 0 Å². The summed E-state index contributed by atoms with van der Waals surface area (Å²) in [6.45, 7) is 17.0. The van der Waals surface area contributed by atoms with E-state index < -0.39 is 17.7 Å². The number of rotatable bonds is 11. The zero-order valence-corrected chi connectivity index (χ0v) is 20.6. The Kier molecular flexibility index (Phi) is 15.4. The first-order valence-electron chi connectivity index (χ1n) is 10.7. The Hall–Kier alpha value is -2.32. The summed E-state index contributed by atoms with van der Waals surface area (Å²) in [5.41, 5.74) is -0.0768. The fourth-order valence-corrected chi connectivity index (χ4v) is 2.04. The Morgan fingerprint density at radius 2 is 1.29 bits per heavy atom. The van der Waals surface area contributed by atoms with Crippen molar-refractivity contribution in [1.82, 2.24) is 15.5 Å². The van der Waals surface area contributed by atoms with Crippen LogP contribution in [0.1, 0.15) is 81.1 Å². The number of amides is 3. The fraction of sp³-hybridized carbons (Fsp3) is 0.818. The molecule has 9 nitrogen and oxygen atoms in total. The van der Waals surface area contributed by atoms with E-state index in [4.69, 9.17) is 9.84 Å². The second-order valence-corrected chi connectivity index (χ2v) is 9.89. The number of ether oxygens (including phenoxy) is 1. The number of nitrogens with zero attached hydrogens (tertiary/aromatic N) is 1. The zero-order chi connectivity index (χ0) is 24.7. The molecule has 0 aliphatic carbocycles. The van der Waals surface area contributed by atoms with Crippen LogP contribution in [-0.2, 0) is 19.1 Å². The lowest BCUT2D eigenvalue weighted by Gasteiger charge is -2.23. The average molecular weight is 446 g/mol. The first-order chi connectivity index (χ1) is 14.0. The van der Waals surface area contributed by atoms with Crippen LogP contribution >= 0.6 is 0 Å². The summed E-state index contributed by atoms with van der Waals surface area (Å²) in [6.07, 6.45) is 0.259. The predicted molar refractivity (Wildman–Crippen MR) is 121 cm³/mol. The van der Waals surface area contributed by atoms with Gasteiger partial charge in [-0.05, 0) is 39.0 Å². The van der Waals surface area contributed by atoms with Crippen LogP contribution in [0.2, 0.25) is 0 Å². The molecule has 0 atom stereocenters. The monoisotopic (exact) mass is 445 g/mol. The quantitative estimate of drug-likeness (QED) is 0.420. The van der Waals surface area contributed by atoms with Gasteiger partial charge in [0.1, 0.15) is 5.60 Å². The molecule has 9 heteroatoms. The van der Waals surface area contributed by atoms with Crippen LogP contribution in [0.3, 0.4) is 0 Å². The highest BCUT2D eigenvalue weighted by atomic mass is 16.6. The number of hydrogen-bond acceptors (Lipinski definition) is 5. The van der Waals surface area contributed by atoms with Crippen LogP contribution < -0.4 is 10.6 Å². The predicted octanol–water partition coefficient (Wildman–Crippen LogP) is 3.17. The fourth-order valence-electron chi connectivity index (χ4n) is 2.04. The molecule has 182 valence electrons. The minimum atomic E-state index is -1.02. The van der Waals surface area contributed by atoms with Crippen LogP contribution in [0.25, 0.3) is 0 Å². The van der Waals surface area contributed by atoms with Crippen molar-refractivity contribution in [2.75, 3.05) is 26.2 Å². The van der Waals surface area contributed by atoms with E-state index in [0.717, 1.165) is 0 Å². The molecule has 0 aromatic heterocycles. The maximum atomic E-state index is 12.2. The van der Waals surface area contributed by atoms with Crippen molar-refractivity contribution < 1.29 is 29.0 Å². The lowest BCUT2D eigenvalue weighted by atomic mass is 10.0. The lowest BCUT2D eigenvalue weighted by molar-refractivity contribution is -0.141. The summed E-state index contributed by atoms with van der Waals surface area (Å²) >= 11 is 0. The molecule has 0 fully saturated rings. The summed E-state index contributed by atoms with van der Waals surface area (Å²) < 4.78 is 5.12. The molecule has 3 N–H and O–H groups in total. The van der Waals surface area contributed by atoms with Gasteiger partial charge in [-0.2, -0.15) is 0 Å². The Labute approximate surface area is 187 Å². The topological polar surface area (TPSA) is 125 Å². The standard InChI is InChI=1S/C17H31N3O6.C5H12/c1-13(21)18-9-5-11-20(14(22)7-8-15(23)24)12-6-10-19-16(25)26-17(2,3)4;1-5(2,3)4/h5-12H2,1-4H3,(H,18,21)(H,19,25)(H,23,24);1-4H3. The Balaban J connectivity index is 0. The van der Waals surface area contributed by atoms with Gasteiger partial charge in [0.05, 0.1) is 6.42 Å². The molecular weight excluding hydrogens is 402 g/mol. The molecule has 0 radical (unpaired) electrons. The number of aliphatic carboxylic acids is 1. The van der Waals surface area contributed by atoms with Gasteiger partial charge in [0.2, 0.25) is 11.8 Å². The third kappa shape index (κ3) is 27.7. The van der Waals surface area contributed by atoms with E-state index in [1.807, 2.05) is 0 Å². The summed E-state index contributed by atoms with van der Waals surface area (Å²) in [7, 11) is 0. The van der Waals surface area contributed by atoms with Crippen LogP contribution in [0.4, 0.5) is 4.79 Å². The molecule has 0 spiro atoms. The van der Waals surface area contributed by atoms with Gasteiger partial charge in [0.25, 0.3) is 0 Å². The molecule has 0 heterocycles. The van der Waals surface area contributed by atoms with Gasteiger partial charge in [0, 0.05) is 39.5 Å². The SMILES string of the molecule is CC(=O)NCCCN(CCCNC(=O)OC(C)(C)C)C(=O)CCC(=O)O.CC(C)(C)C. The first-order valence-corrected chi connectivity index (χ1v) is 10.7. The highest BCUT2D eigenvalue weighted by Gasteiger charge is 2.17. The van der Waals surface area contributed by atoms with Crippen molar-refractivity contribution in [3.8, 4) is 0 Å². The highest BCUT2D eigenvalue weighted by Crippen LogP contribution is 2.08. The molecule has 0 saturated carbocycles. The summed E-state index contributed by atoms with van der Waals surface area (Å²) in [5.74, 6) is -1.43. The van der Waals surface area contributed by atoms with Crippen molar-refractivity contribution in [1.29, 1.82) is 0 Å². The average Bonchev–Trinajstić information content (AvgIpc) is 2.54. The second kappa shape index (κ2) is 15.5. The number of carbonyl (C=O) groups is 4. The molecule has 0 aromatic carbocycles. The minimum absolute atomic E-state index is 0.0744. The highest BCUT2D eigenvalue weighted by molar-refractivity contribution is 5.80. The van der Waals surface area contributed by atoms with Crippen molar-refractivity contribution in [2.24, 2.45) is 5.41 Å². The molecular formula is C22H43N3O6. The number of carboxylic acid groups (broad SMARTS) is 1. The van der Waals surface area contributed by atoms with Crippen molar-refractivity contribution >= 4 is 23.9 Å². The molecule has 0 unspecified atom stereocenters. The third-order valence-electron chi connectivity index (χ3n) is 3.16. The van der Waals surface area contributed by atoms with Crippen LogP contribution in [0.15, 0.2) is 0 Å². The van der Waals surface area contributed by atoms with E-state index in [1.165, 1.54) is 6.92 Å². The van der Waals surface area contributed by atoms with Crippen LogP contribution in [0, 0.1) is 5.41 Å². The van der Waals surface area contributed by atoms with Gasteiger partial charge in [-0.15, -0.1) is 0 Å². The molecule has 31 heavy (non-hydrogen) atoms. The normalized spacial score (nSPS) is 11.0. The largest absolute Gasteiger partial charge is 0.481 e. The van der Waals surface area contributed by atoms with E-state index in [9.17, 15) is 19.2 Å². The summed E-state index contributed by atoms with van der Waals surface area (Å²) in [4.78, 5) is 46.8.